The zero-order valence-corrected chi connectivity index (χ0v) is 9.28. The minimum atomic E-state index is -1.42. The molecular weight excluding hydrogens is 188 g/mol. The lowest BCUT2D eigenvalue weighted by Gasteiger charge is -2.19. The van der Waals surface area contributed by atoms with Crippen LogP contribution in [0.4, 0.5) is 0 Å². The molecule has 0 aliphatic heterocycles. The van der Waals surface area contributed by atoms with E-state index in [2.05, 4.69) is 28.5 Å². The highest BCUT2D eigenvalue weighted by Crippen LogP contribution is 2.54. The zero-order valence-electron chi connectivity index (χ0n) is 8.46. The molecule has 1 heteroatoms. The smallest absolute Gasteiger partial charge is 0.0248 e. The second-order valence-electron chi connectivity index (χ2n) is 4.21. The van der Waals surface area contributed by atoms with E-state index in [1.54, 1.807) is 0 Å². The number of hydrogen-bond acceptors (Lipinski definition) is 0. The Bertz CT molecular complexity index is 404. The van der Waals surface area contributed by atoms with Gasteiger partial charge in [0.25, 0.3) is 0 Å². The topological polar surface area (TPSA) is 0 Å². The number of rotatable bonds is 3. The lowest BCUT2D eigenvalue weighted by Crippen LogP contribution is -2.13. The molecule has 0 aromatic heterocycles. The van der Waals surface area contributed by atoms with E-state index < -0.39 is 9.21 Å². The number of hydrogen-bond donors (Lipinski definition) is 0. The molecule has 0 heterocycles. The van der Waals surface area contributed by atoms with Gasteiger partial charge in [0.05, 0.1) is 0 Å². The van der Waals surface area contributed by atoms with E-state index in [0.29, 0.717) is 5.25 Å². The SMILES string of the molecule is C#CS(=C=C)(=C=C)C(C1CC1)C1CC1. The maximum Gasteiger partial charge on any atom is 0.0248 e. The second kappa shape index (κ2) is 3.41. The first-order chi connectivity index (χ1) is 6.77. The van der Waals surface area contributed by atoms with Gasteiger partial charge >= 0.3 is 0 Å². The van der Waals surface area contributed by atoms with Crippen molar-refractivity contribution in [1.82, 2.24) is 0 Å². The van der Waals surface area contributed by atoms with Gasteiger partial charge in [-0.15, -0.1) is 6.42 Å². The third kappa shape index (κ3) is 1.47. The van der Waals surface area contributed by atoms with Gasteiger partial charge in [0.15, 0.2) is 0 Å². The van der Waals surface area contributed by atoms with Gasteiger partial charge in [0.1, 0.15) is 0 Å². The summed E-state index contributed by atoms with van der Waals surface area (Å²) in [6, 6.07) is 0. The summed E-state index contributed by atoms with van der Waals surface area (Å²) < 4.78 is 0. The fraction of sp³-hybridized carbons (Fsp3) is 0.538. The zero-order chi connectivity index (χ0) is 10.2. The second-order valence-corrected chi connectivity index (χ2v) is 6.88. The van der Waals surface area contributed by atoms with Crippen LogP contribution in [0.25, 0.3) is 0 Å². The predicted molar refractivity (Wildman–Crippen MR) is 66.9 cm³/mol. The Morgan fingerprint density at radius 2 is 1.50 bits per heavy atom. The van der Waals surface area contributed by atoms with Gasteiger partial charge in [-0.1, -0.05) is 19.3 Å². The summed E-state index contributed by atoms with van der Waals surface area (Å²) in [7, 11) is -1.42. The van der Waals surface area contributed by atoms with Gasteiger partial charge in [0, 0.05) is 5.25 Å². The van der Waals surface area contributed by atoms with Crippen molar-refractivity contribution in [2.45, 2.75) is 30.9 Å². The average molecular weight is 204 g/mol. The van der Waals surface area contributed by atoms with Gasteiger partial charge in [-0.2, -0.15) is 0 Å². The molecule has 0 spiro atoms. The highest BCUT2D eigenvalue weighted by Gasteiger charge is 2.44. The lowest BCUT2D eigenvalue weighted by atomic mass is 10.2. The molecule has 74 valence electrons. The predicted octanol–water partition coefficient (Wildman–Crippen LogP) is 2.74. The summed E-state index contributed by atoms with van der Waals surface area (Å²) in [4.78, 5) is 0. The maximum atomic E-state index is 5.64. The third-order valence-electron chi connectivity index (χ3n) is 3.22. The standard InChI is InChI=1S/C13H16S/c1-4-14(5-2,6-3)13(11-7-8-11)12-9-10-12/h1,11-13H,2-3,7-10H2. The van der Waals surface area contributed by atoms with Crippen molar-refractivity contribution in [3.63, 3.8) is 0 Å². The van der Waals surface area contributed by atoms with Crippen molar-refractivity contribution in [2.24, 2.45) is 11.8 Å². The first-order valence-corrected chi connectivity index (χ1v) is 6.84. The quantitative estimate of drug-likeness (QED) is 0.490. The highest BCUT2D eigenvalue weighted by molar-refractivity contribution is 8.32. The first kappa shape index (κ1) is 9.75. The summed E-state index contributed by atoms with van der Waals surface area (Å²) in [5, 5.41) is 9.66. The monoisotopic (exact) mass is 204 g/mol. The molecule has 0 N–H and O–H groups in total. The van der Waals surface area contributed by atoms with Crippen molar-refractivity contribution >= 4 is 19.3 Å². The van der Waals surface area contributed by atoms with E-state index in [1.165, 1.54) is 25.7 Å². The van der Waals surface area contributed by atoms with Crippen molar-refractivity contribution in [1.29, 1.82) is 0 Å². The van der Waals surface area contributed by atoms with Gasteiger partial charge in [-0.3, -0.25) is 0 Å². The van der Waals surface area contributed by atoms with Gasteiger partial charge in [-0.25, -0.2) is 0 Å². The van der Waals surface area contributed by atoms with Crippen molar-refractivity contribution in [3.8, 4) is 11.7 Å². The molecular formula is C13H16S. The van der Waals surface area contributed by atoms with E-state index in [1.807, 2.05) is 0 Å². The van der Waals surface area contributed by atoms with E-state index in [-0.39, 0.29) is 0 Å². The molecule has 0 saturated heterocycles. The summed E-state index contributed by atoms with van der Waals surface area (Å²) >= 11 is 0. The van der Waals surface area contributed by atoms with Crippen LogP contribution < -0.4 is 0 Å². The van der Waals surface area contributed by atoms with E-state index >= 15 is 0 Å². The van der Waals surface area contributed by atoms with Crippen LogP contribution in [0.1, 0.15) is 25.7 Å². The van der Waals surface area contributed by atoms with Crippen LogP contribution in [0.2, 0.25) is 0 Å². The largest absolute Gasteiger partial charge is 0.108 e. The van der Waals surface area contributed by atoms with E-state index in [9.17, 15) is 0 Å². The molecule has 2 saturated carbocycles. The van der Waals surface area contributed by atoms with Crippen molar-refractivity contribution in [2.75, 3.05) is 0 Å². The van der Waals surface area contributed by atoms with Crippen LogP contribution in [0, 0.1) is 23.5 Å². The fourth-order valence-corrected chi connectivity index (χ4v) is 4.73. The fourth-order valence-electron chi connectivity index (χ4n) is 2.22. The molecule has 2 aliphatic carbocycles. The number of terminal acetylenes is 1. The molecule has 2 fully saturated rings. The van der Waals surface area contributed by atoms with Gasteiger partial charge < -0.3 is 0 Å². The van der Waals surface area contributed by atoms with Crippen molar-refractivity contribution < 1.29 is 0 Å². The summed E-state index contributed by atoms with van der Waals surface area (Å²) in [5.41, 5.74) is 0. The molecule has 0 amide bonds. The Balaban J connectivity index is 2.48. The Kier molecular flexibility index (Phi) is 2.38. The Morgan fingerprint density at radius 1 is 1.07 bits per heavy atom. The molecule has 0 unspecified atom stereocenters. The molecule has 0 radical (unpaired) electrons. The molecule has 0 bridgehead atoms. The summed E-state index contributed by atoms with van der Waals surface area (Å²) in [6.07, 6.45) is 11.0. The van der Waals surface area contributed by atoms with Gasteiger partial charge in [-0.05, 0) is 55.9 Å². The Hall–Kier alpha value is -0.790. The lowest BCUT2D eigenvalue weighted by molar-refractivity contribution is 0.675. The molecule has 14 heavy (non-hydrogen) atoms. The molecule has 2 aliphatic rings. The summed E-state index contributed by atoms with van der Waals surface area (Å²) in [5.74, 6) is 1.63. The van der Waals surface area contributed by atoms with E-state index in [0.717, 1.165) is 11.8 Å². The van der Waals surface area contributed by atoms with Gasteiger partial charge in [0.2, 0.25) is 0 Å². The normalized spacial score (nSPS) is 21.1. The Labute approximate surface area is 87.2 Å². The average Bonchev–Trinajstić information content (AvgIpc) is 3.07. The first-order valence-electron chi connectivity index (χ1n) is 5.14. The molecule has 0 atom stereocenters. The summed E-state index contributed by atoms with van der Waals surface area (Å²) in [6.45, 7) is 7.57. The van der Waals surface area contributed by atoms with Crippen LogP contribution in [-0.2, 0) is 0 Å². The molecule has 0 nitrogen and oxygen atoms in total. The van der Waals surface area contributed by atoms with Crippen molar-refractivity contribution in [3.05, 3.63) is 13.2 Å². The van der Waals surface area contributed by atoms with E-state index in [4.69, 9.17) is 6.42 Å². The van der Waals surface area contributed by atoms with Crippen LogP contribution in [-0.4, -0.2) is 15.3 Å². The minimum absolute atomic E-state index is 0.600. The van der Waals surface area contributed by atoms with Crippen LogP contribution in [0.5, 0.6) is 0 Å². The third-order valence-corrected chi connectivity index (χ3v) is 6.09. The Morgan fingerprint density at radius 3 is 1.71 bits per heavy atom. The van der Waals surface area contributed by atoms with Crippen LogP contribution in [0.15, 0.2) is 13.2 Å². The highest BCUT2D eigenvalue weighted by atomic mass is 32.2. The van der Waals surface area contributed by atoms with Crippen LogP contribution >= 0.6 is 9.21 Å². The molecule has 0 aromatic rings. The minimum Gasteiger partial charge on any atom is -0.108 e. The molecule has 2 rings (SSSR count). The molecule has 0 aromatic carbocycles. The maximum absolute atomic E-state index is 5.64. The van der Waals surface area contributed by atoms with Crippen LogP contribution in [0.3, 0.4) is 0 Å².